The van der Waals surface area contributed by atoms with Crippen molar-refractivity contribution >= 4 is 28.9 Å². The van der Waals surface area contributed by atoms with E-state index in [1.807, 2.05) is 0 Å². The Labute approximate surface area is 129 Å². The second kappa shape index (κ2) is 8.92. The van der Waals surface area contributed by atoms with Gasteiger partial charge >= 0.3 is 12.0 Å². The molecule has 0 aromatic rings. The molecule has 0 bridgehead atoms. The van der Waals surface area contributed by atoms with Gasteiger partial charge in [0.2, 0.25) is 0 Å². The third-order valence-corrected chi connectivity index (χ3v) is 4.49. The minimum absolute atomic E-state index is 0.0215. The quantitative estimate of drug-likeness (QED) is 0.714. The molecule has 1 aliphatic carbocycles. The van der Waals surface area contributed by atoms with Gasteiger partial charge in [-0.3, -0.25) is 9.59 Å². The van der Waals surface area contributed by atoms with Crippen molar-refractivity contribution in [1.82, 2.24) is 10.2 Å². The fraction of sp³-hybridized carbons (Fsp3) is 0.786. The third-order valence-electron chi connectivity index (χ3n) is 3.70. The predicted octanol–water partition coefficient (Wildman–Crippen LogP) is 1.94. The number of rotatable bonds is 8. The SMILES string of the molecule is CC(=O)SCCN(CCC1CCC1)C(=O)N[C@@H](C)C(=O)O. The molecule has 0 radical (unpaired) electrons. The number of hydrogen-bond donors (Lipinski definition) is 2. The maximum atomic E-state index is 12.1. The smallest absolute Gasteiger partial charge is 0.325 e. The van der Waals surface area contributed by atoms with Crippen molar-refractivity contribution in [3.8, 4) is 0 Å². The molecular weight excluding hydrogens is 292 g/mol. The van der Waals surface area contributed by atoms with Crippen LogP contribution in [-0.2, 0) is 9.59 Å². The van der Waals surface area contributed by atoms with Gasteiger partial charge in [0.1, 0.15) is 6.04 Å². The molecule has 21 heavy (non-hydrogen) atoms. The molecule has 0 heterocycles. The summed E-state index contributed by atoms with van der Waals surface area (Å²) in [5, 5.41) is 11.3. The number of carbonyl (C=O) groups excluding carboxylic acids is 2. The maximum Gasteiger partial charge on any atom is 0.325 e. The molecule has 0 unspecified atom stereocenters. The van der Waals surface area contributed by atoms with Crippen LogP contribution in [0.5, 0.6) is 0 Å². The minimum atomic E-state index is -1.06. The number of amides is 2. The molecule has 0 aromatic heterocycles. The van der Waals surface area contributed by atoms with Crippen molar-refractivity contribution in [1.29, 1.82) is 0 Å². The number of urea groups is 1. The molecule has 1 rings (SSSR count). The van der Waals surface area contributed by atoms with Gasteiger partial charge in [0, 0.05) is 25.8 Å². The first-order valence-electron chi connectivity index (χ1n) is 7.31. The number of nitrogens with one attached hydrogen (secondary N) is 1. The number of carboxylic acid groups (broad SMARTS) is 1. The number of aliphatic carboxylic acids is 1. The fourth-order valence-corrected chi connectivity index (χ4v) is 2.67. The van der Waals surface area contributed by atoms with Crippen LogP contribution >= 0.6 is 11.8 Å². The van der Waals surface area contributed by atoms with Crippen LogP contribution in [0.25, 0.3) is 0 Å². The van der Waals surface area contributed by atoms with Gasteiger partial charge in [-0.2, -0.15) is 0 Å². The van der Waals surface area contributed by atoms with Crippen LogP contribution in [0.15, 0.2) is 0 Å². The van der Waals surface area contributed by atoms with E-state index in [0.717, 1.165) is 6.42 Å². The van der Waals surface area contributed by atoms with Crippen molar-refractivity contribution in [2.45, 2.75) is 45.6 Å². The molecule has 2 N–H and O–H groups in total. The first kappa shape index (κ1) is 17.8. The summed E-state index contributed by atoms with van der Waals surface area (Å²) < 4.78 is 0. The summed E-state index contributed by atoms with van der Waals surface area (Å²) >= 11 is 1.18. The first-order chi connectivity index (χ1) is 9.90. The van der Waals surface area contributed by atoms with E-state index in [2.05, 4.69) is 5.32 Å². The highest BCUT2D eigenvalue weighted by Crippen LogP contribution is 2.29. The van der Waals surface area contributed by atoms with Crippen LogP contribution in [0.3, 0.4) is 0 Å². The van der Waals surface area contributed by atoms with E-state index >= 15 is 0 Å². The van der Waals surface area contributed by atoms with Crippen LogP contribution in [0.1, 0.15) is 39.5 Å². The normalized spacial score (nSPS) is 15.9. The minimum Gasteiger partial charge on any atom is -0.480 e. The van der Waals surface area contributed by atoms with E-state index in [0.29, 0.717) is 24.8 Å². The van der Waals surface area contributed by atoms with Gasteiger partial charge in [0.05, 0.1) is 0 Å². The van der Waals surface area contributed by atoms with Crippen LogP contribution in [0, 0.1) is 5.92 Å². The summed E-state index contributed by atoms with van der Waals surface area (Å²) in [5.41, 5.74) is 0. The Morgan fingerprint density at radius 3 is 2.48 bits per heavy atom. The van der Waals surface area contributed by atoms with Crippen molar-refractivity contribution in [3.63, 3.8) is 0 Å². The fourth-order valence-electron chi connectivity index (χ4n) is 2.07. The number of carbonyl (C=O) groups is 3. The number of hydrogen-bond acceptors (Lipinski definition) is 4. The summed E-state index contributed by atoms with van der Waals surface area (Å²) in [5.74, 6) is 0.160. The zero-order valence-electron chi connectivity index (χ0n) is 12.6. The molecule has 7 heteroatoms. The number of carboxylic acids is 1. The Morgan fingerprint density at radius 2 is 2.00 bits per heavy atom. The zero-order chi connectivity index (χ0) is 15.8. The number of nitrogens with zero attached hydrogens (tertiary/aromatic N) is 1. The van der Waals surface area contributed by atoms with Gasteiger partial charge in [0.25, 0.3) is 0 Å². The predicted molar refractivity (Wildman–Crippen MR) is 82.3 cm³/mol. The molecule has 0 aromatic carbocycles. The van der Waals surface area contributed by atoms with Gasteiger partial charge in [-0.1, -0.05) is 31.0 Å². The summed E-state index contributed by atoms with van der Waals surface area (Å²) in [7, 11) is 0. The molecule has 2 amide bonds. The van der Waals surface area contributed by atoms with Gasteiger partial charge in [-0.05, 0) is 19.3 Å². The summed E-state index contributed by atoms with van der Waals surface area (Å²) in [6.07, 6.45) is 4.62. The highest BCUT2D eigenvalue weighted by atomic mass is 32.2. The Hall–Kier alpha value is -1.24. The lowest BCUT2D eigenvalue weighted by atomic mass is 9.83. The third kappa shape index (κ3) is 6.84. The Morgan fingerprint density at radius 1 is 1.33 bits per heavy atom. The highest BCUT2D eigenvalue weighted by Gasteiger charge is 2.22. The lowest BCUT2D eigenvalue weighted by Crippen LogP contribution is -2.48. The molecule has 1 aliphatic rings. The molecular formula is C14H24N2O4S. The molecule has 6 nitrogen and oxygen atoms in total. The average Bonchev–Trinajstić information content (AvgIpc) is 2.34. The second-order valence-corrected chi connectivity index (χ2v) is 6.69. The lowest BCUT2D eigenvalue weighted by Gasteiger charge is -2.30. The molecule has 1 fully saturated rings. The van der Waals surface area contributed by atoms with Crippen LogP contribution in [0.2, 0.25) is 0 Å². The van der Waals surface area contributed by atoms with Gasteiger partial charge in [-0.15, -0.1) is 0 Å². The Kier molecular flexibility index (Phi) is 7.56. The van der Waals surface area contributed by atoms with Crippen LogP contribution in [-0.4, -0.2) is 52.0 Å². The summed E-state index contributed by atoms with van der Waals surface area (Å²) in [6.45, 7) is 4.00. The van der Waals surface area contributed by atoms with Crippen LogP contribution < -0.4 is 5.32 Å². The standard InChI is InChI=1S/C14H24N2O4S/c1-10(13(18)19)15-14(20)16(8-9-21-11(2)17)7-6-12-4-3-5-12/h10,12H,3-9H2,1-2H3,(H,15,20)(H,18,19)/t10-/m0/s1. The van der Waals surface area contributed by atoms with E-state index < -0.39 is 12.0 Å². The van der Waals surface area contributed by atoms with Crippen molar-refractivity contribution < 1.29 is 19.5 Å². The highest BCUT2D eigenvalue weighted by molar-refractivity contribution is 8.13. The van der Waals surface area contributed by atoms with Crippen molar-refractivity contribution in [2.75, 3.05) is 18.8 Å². The molecule has 0 aliphatic heterocycles. The van der Waals surface area contributed by atoms with Crippen molar-refractivity contribution in [3.05, 3.63) is 0 Å². The lowest BCUT2D eigenvalue weighted by molar-refractivity contribution is -0.138. The van der Waals surface area contributed by atoms with E-state index in [9.17, 15) is 14.4 Å². The molecule has 1 atom stereocenters. The largest absolute Gasteiger partial charge is 0.480 e. The van der Waals surface area contributed by atoms with Crippen LogP contribution in [0.4, 0.5) is 4.79 Å². The monoisotopic (exact) mass is 316 g/mol. The topological polar surface area (TPSA) is 86.7 Å². The van der Waals surface area contributed by atoms with E-state index in [4.69, 9.17) is 5.11 Å². The van der Waals surface area contributed by atoms with E-state index in [1.165, 1.54) is 44.9 Å². The number of thioether (sulfide) groups is 1. The second-order valence-electron chi connectivity index (χ2n) is 5.42. The Balaban J connectivity index is 2.45. The molecule has 0 saturated heterocycles. The van der Waals surface area contributed by atoms with Gasteiger partial charge in [-0.25, -0.2) is 4.79 Å². The maximum absolute atomic E-state index is 12.1. The van der Waals surface area contributed by atoms with Crippen molar-refractivity contribution in [2.24, 2.45) is 5.92 Å². The van der Waals surface area contributed by atoms with Gasteiger partial charge < -0.3 is 15.3 Å². The van der Waals surface area contributed by atoms with E-state index in [-0.39, 0.29) is 11.1 Å². The summed E-state index contributed by atoms with van der Waals surface area (Å²) in [4.78, 5) is 35.5. The van der Waals surface area contributed by atoms with Gasteiger partial charge in [0.15, 0.2) is 5.12 Å². The van der Waals surface area contributed by atoms with E-state index in [1.54, 1.807) is 4.90 Å². The molecule has 1 saturated carbocycles. The first-order valence-corrected chi connectivity index (χ1v) is 8.30. The zero-order valence-corrected chi connectivity index (χ0v) is 13.4. The summed E-state index contributed by atoms with van der Waals surface area (Å²) in [6, 6.07) is -1.28. The average molecular weight is 316 g/mol. The molecule has 120 valence electrons. The molecule has 0 spiro atoms. The Bertz CT molecular complexity index is 385.